The Labute approximate surface area is 269 Å². The Morgan fingerprint density at radius 3 is 1.33 bits per heavy atom. The molecule has 0 heterocycles. The van der Waals surface area contributed by atoms with Gasteiger partial charge in [-0.15, -0.1) is 0 Å². The average Bonchev–Trinajstić information content (AvgIpc) is 3.01. The number of rotatable bonds is 36. The smallest absolute Gasteiger partial charge is 0.306 e. The van der Waals surface area contributed by atoms with E-state index >= 15 is 0 Å². The zero-order valence-corrected chi connectivity index (χ0v) is 29.2. The molecule has 1 N–H and O–H groups in total. The molecule has 0 saturated carbocycles. The number of unbranched alkanes of at least 4 members (excludes halogenated alkanes) is 26. The van der Waals surface area contributed by atoms with Gasteiger partial charge in [-0.05, 0) is 38.5 Å². The Morgan fingerprint density at radius 1 is 0.535 bits per heavy atom. The third-order valence-corrected chi connectivity index (χ3v) is 8.59. The zero-order valence-electron chi connectivity index (χ0n) is 29.2. The third kappa shape index (κ3) is 35.5. The predicted octanol–water partition coefficient (Wildman–Crippen LogP) is 12.2. The number of hydrogen-bond acceptors (Lipinski definition) is 4. The van der Waals surface area contributed by atoms with Crippen LogP contribution in [0.15, 0.2) is 12.2 Å². The van der Waals surface area contributed by atoms with Gasteiger partial charge in [0.1, 0.15) is 6.10 Å². The van der Waals surface area contributed by atoms with Crippen molar-refractivity contribution in [3.8, 4) is 0 Å². The summed E-state index contributed by atoms with van der Waals surface area (Å²) < 4.78 is 11.1. The van der Waals surface area contributed by atoms with Gasteiger partial charge in [0, 0.05) is 13.0 Å². The van der Waals surface area contributed by atoms with Crippen molar-refractivity contribution < 1.29 is 19.4 Å². The fourth-order valence-electron chi connectivity index (χ4n) is 5.68. The summed E-state index contributed by atoms with van der Waals surface area (Å²) in [6.07, 6.45) is 42.5. The van der Waals surface area contributed by atoms with Crippen LogP contribution in [0, 0.1) is 0 Å². The van der Waals surface area contributed by atoms with Crippen LogP contribution >= 0.6 is 0 Å². The van der Waals surface area contributed by atoms with Crippen molar-refractivity contribution in [1.29, 1.82) is 0 Å². The van der Waals surface area contributed by atoms with Gasteiger partial charge in [0.05, 0.1) is 13.2 Å². The van der Waals surface area contributed by atoms with Gasteiger partial charge in [0.2, 0.25) is 0 Å². The van der Waals surface area contributed by atoms with Crippen LogP contribution in [0.3, 0.4) is 0 Å². The first kappa shape index (κ1) is 42.1. The molecule has 0 aromatic heterocycles. The third-order valence-electron chi connectivity index (χ3n) is 8.59. The van der Waals surface area contributed by atoms with E-state index in [0.717, 1.165) is 19.3 Å². The molecule has 4 heteroatoms. The van der Waals surface area contributed by atoms with E-state index in [-0.39, 0.29) is 12.6 Å². The molecular formula is C39H76O4. The highest BCUT2D eigenvalue weighted by molar-refractivity contribution is 5.69. The van der Waals surface area contributed by atoms with Crippen LogP contribution in [0.1, 0.15) is 206 Å². The van der Waals surface area contributed by atoms with Gasteiger partial charge < -0.3 is 14.6 Å². The van der Waals surface area contributed by atoms with Gasteiger partial charge in [0.15, 0.2) is 0 Å². The molecule has 0 saturated heterocycles. The second-order valence-corrected chi connectivity index (χ2v) is 13.0. The van der Waals surface area contributed by atoms with Crippen molar-refractivity contribution in [2.75, 3.05) is 19.8 Å². The summed E-state index contributed by atoms with van der Waals surface area (Å²) in [4.78, 5) is 12.1. The number of hydrogen-bond donors (Lipinski definition) is 1. The first-order chi connectivity index (χ1) is 21.2. The van der Waals surface area contributed by atoms with Gasteiger partial charge in [-0.3, -0.25) is 4.79 Å². The summed E-state index contributed by atoms with van der Waals surface area (Å²) in [5.41, 5.74) is 0. The van der Waals surface area contributed by atoms with Crippen LogP contribution < -0.4 is 0 Å². The van der Waals surface area contributed by atoms with Crippen molar-refractivity contribution in [3.05, 3.63) is 12.2 Å². The molecule has 0 aromatic rings. The monoisotopic (exact) mass is 609 g/mol. The first-order valence-corrected chi connectivity index (χ1v) is 19.3. The topological polar surface area (TPSA) is 55.8 Å². The largest absolute Gasteiger partial charge is 0.457 e. The second kappa shape index (κ2) is 37.3. The van der Waals surface area contributed by atoms with Crippen molar-refractivity contribution in [3.63, 3.8) is 0 Å². The molecule has 0 amide bonds. The molecule has 0 aromatic carbocycles. The highest BCUT2D eigenvalue weighted by Gasteiger charge is 2.13. The van der Waals surface area contributed by atoms with E-state index < -0.39 is 6.10 Å². The normalized spacial score (nSPS) is 12.3. The molecule has 0 rings (SSSR count). The molecule has 0 fully saturated rings. The van der Waals surface area contributed by atoms with Crippen molar-refractivity contribution in [2.45, 2.75) is 213 Å². The Balaban J connectivity index is 3.41. The summed E-state index contributed by atoms with van der Waals surface area (Å²) >= 11 is 0. The van der Waals surface area contributed by atoms with Gasteiger partial charge >= 0.3 is 5.97 Å². The highest BCUT2D eigenvalue weighted by atomic mass is 16.6. The minimum atomic E-state index is -0.531. The highest BCUT2D eigenvalue weighted by Crippen LogP contribution is 2.14. The molecule has 43 heavy (non-hydrogen) atoms. The number of carbonyl (C=O) groups is 1. The first-order valence-electron chi connectivity index (χ1n) is 19.3. The fraction of sp³-hybridized carbons (Fsp3) is 0.923. The standard InChI is InChI=1S/C39H76O4/c1-3-5-7-9-11-13-15-17-19-21-23-25-27-29-31-33-35-42-37-38(36-40)43-39(41)34-32-30-28-26-24-22-20-18-16-14-12-10-8-6-4-2/h18,20,38,40H,3-17,19,21-37H2,1-2H3/b20-18-/t38-/m0/s1. The van der Waals surface area contributed by atoms with Crippen LogP contribution in [0.4, 0.5) is 0 Å². The Morgan fingerprint density at radius 2 is 0.907 bits per heavy atom. The maximum absolute atomic E-state index is 12.1. The summed E-state index contributed by atoms with van der Waals surface area (Å²) in [7, 11) is 0. The van der Waals surface area contributed by atoms with Crippen LogP contribution in [0.5, 0.6) is 0 Å². The van der Waals surface area contributed by atoms with Crippen molar-refractivity contribution in [2.24, 2.45) is 0 Å². The molecule has 0 radical (unpaired) electrons. The van der Waals surface area contributed by atoms with Crippen molar-refractivity contribution >= 4 is 5.97 Å². The quantitative estimate of drug-likeness (QED) is 0.0437. The van der Waals surface area contributed by atoms with E-state index in [9.17, 15) is 9.90 Å². The van der Waals surface area contributed by atoms with E-state index in [2.05, 4.69) is 26.0 Å². The van der Waals surface area contributed by atoms with Gasteiger partial charge in [-0.25, -0.2) is 0 Å². The van der Waals surface area contributed by atoms with Crippen molar-refractivity contribution in [1.82, 2.24) is 0 Å². The summed E-state index contributed by atoms with van der Waals surface area (Å²) in [5.74, 6) is -0.206. The molecule has 0 aliphatic heterocycles. The molecule has 0 unspecified atom stereocenters. The summed E-state index contributed by atoms with van der Waals surface area (Å²) in [5, 5.41) is 9.56. The fourth-order valence-corrected chi connectivity index (χ4v) is 5.68. The lowest BCUT2D eigenvalue weighted by Gasteiger charge is -2.15. The molecule has 1 atom stereocenters. The molecular weight excluding hydrogens is 532 g/mol. The lowest BCUT2D eigenvalue weighted by atomic mass is 10.0. The molecule has 0 aliphatic rings. The van der Waals surface area contributed by atoms with E-state index in [1.54, 1.807) is 0 Å². The summed E-state index contributed by atoms with van der Waals surface area (Å²) in [6.45, 7) is 5.36. The molecule has 4 nitrogen and oxygen atoms in total. The second-order valence-electron chi connectivity index (χ2n) is 13.0. The lowest BCUT2D eigenvalue weighted by Crippen LogP contribution is -2.27. The SMILES string of the molecule is CCCCCCCC/C=C\CCCCCCCC(=O)O[C@@H](CO)COCCCCCCCCCCCCCCCCCC. The number of esters is 1. The maximum atomic E-state index is 12.1. The van der Waals surface area contributed by atoms with Crippen LogP contribution in [0.25, 0.3) is 0 Å². The Hall–Kier alpha value is -0.870. The predicted molar refractivity (Wildman–Crippen MR) is 187 cm³/mol. The Kier molecular flexibility index (Phi) is 36.6. The maximum Gasteiger partial charge on any atom is 0.306 e. The van der Waals surface area contributed by atoms with Crippen LogP contribution in [-0.4, -0.2) is 37.0 Å². The van der Waals surface area contributed by atoms with Crippen LogP contribution in [0.2, 0.25) is 0 Å². The number of carbonyl (C=O) groups excluding carboxylic acids is 1. The number of ether oxygens (including phenoxy) is 2. The van der Waals surface area contributed by atoms with Gasteiger partial charge in [-0.2, -0.15) is 0 Å². The number of aliphatic hydroxyl groups excluding tert-OH is 1. The lowest BCUT2D eigenvalue weighted by molar-refractivity contribution is -0.154. The molecule has 0 spiro atoms. The van der Waals surface area contributed by atoms with Gasteiger partial charge in [-0.1, -0.05) is 174 Å². The van der Waals surface area contributed by atoms with E-state index in [1.807, 2.05) is 0 Å². The van der Waals surface area contributed by atoms with E-state index in [4.69, 9.17) is 9.47 Å². The molecule has 0 aliphatic carbocycles. The van der Waals surface area contributed by atoms with E-state index in [0.29, 0.717) is 19.6 Å². The molecule has 256 valence electrons. The minimum Gasteiger partial charge on any atom is -0.457 e. The Bertz CT molecular complexity index is 561. The van der Waals surface area contributed by atoms with Gasteiger partial charge in [0.25, 0.3) is 0 Å². The number of allylic oxidation sites excluding steroid dienone is 2. The average molecular weight is 609 g/mol. The molecule has 0 bridgehead atoms. The number of aliphatic hydroxyl groups is 1. The zero-order chi connectivity index (χ0) is 31.3. The van der Waals surface area contributed by atoms with E-state index in [1.165, 1.54) is 167 Å². The summed E-state index contributed by atoms with van der Waals surface area (Å²) in [6, 6.07) is 0. The minimum absolute atomic E-state index is 0.170. The van der Waals surface area contributed by atoms with Crippen LogP contribution in [-0.2, 0) is 14.3 Å².